The number of piperazine rings is 1. The highest BCUT2D eigenvalue weighted by molar-refractivity contribution is 5.97. The molecule has 8 heteroatoms. The highest BCUT2D eigenvalue weighted by Crippen LogP contribution is 2.25. The van der Waals surface area contributed by atoms with Crippen LogP contribution >= 0.6 is 0 Å². The molecule has 0 radical (unpaired) electrons. The number of methoxy groups -OCH3 is 1. The topological polar surface area (TPSA) is 89.0 Å². The van der Waals surface area contributed by atoms with Crippen LogP contribution < -0.4 is 10.4 Å². The number of rotatable bonds is 4. The smallest absolute Gasteiger partial charge is 0.349 e. The first-order valence-electron chi connectivity index (χ1n) is 9.52. The van der Waals surface area contributed by atoms with E-state index in [0.29, 0.717) is 42.9 Å². The first kappa shape index (κ1) is 19.2. The van der Waals surface area contributed by atoms with Crippen LogP contribution in [-0.4, -0.2) is 54.2 Å². The van der Waals surface area contributed by atoms with Crippen LogP contribution in [0.2, 0.25) is 0 Å². The Kier molecular flexibility index (Phi) is 5.10. The highest BCUT2D eigenvalue weighted by atomic mass is 16.5. The SMILES string of the molecule is COc1cccc2cc(C(=O)N3CCN(Cc4c(C)noc4C)CC3)c(=O)oc12. The molecule has 1 aliphatic heterocycles. The van der Waals surface area contributed by atoms with E-state index in [1.165, 1.54) is 7.11 Å². The van der Waals surface area contributed by atoms with Gasteiger partial charge in [0.2, 0.25) is 0 Å². The molecular weight excluding hydrogens is 374 g/mol. The molecule has 4 rings (SSSR count). The molecule has 29 heavy (non-hydrogen) atoms. The minimum absolute atomic E-state index is 0.0462. The summed E-state index contributed by atoms with van der Waals surface area (Å²) in [5.41, 5.74) is 1.73. The zero-order chi connectivity index (χ0) is 20.5. The summed E-state index contributed by atoms with van der Waals surface area (Å²) in [5.74, 6) is 0.984. The quantitative estimate of drug-likeness (QED) is 0.625. The van der Waals surface area contributed by atoms with Crippen molar-refractivity contribution in [1.29, 1.82) is 0 Å². The molecule has 0 N–H and O–H groups in total. The molecule has 3 heterocycles. The molecule has 0 atom stereocenters. The Hall–Kier alpha value is -3.13. The Balaban J connectivity index is 1.48. The van der Waals surface area contributed by atoms with Crippen molar-refractivity contribution in [1.82, 2.24) is 15.0 Å². The van der Waals surface area contributed by atoms with Gasteiger partial charge in [-0.25, -0.2) is 4.79 Å². The molecule has 2 aromatic heterocycles. The lowest BCUT2D eigenvalue weighted by Gasteiger charge is -2.34. The van der Waals surface area contributed by atoms with Crippen molar-refractivity contribution in [3.05, 3.63) is 57.3 Å². The molecule has 0 unspecified atom stereocenters. The van der Waals surface area contributed by atoms with Crippen molar-refractivity contribution < 1.29 is 18.5 Å². The van der Waals surface area contributed by atoms with Crippen LogP contribution in [0, 0.1) is 13.8 Å². The molecule has 1 aromatic carbocycles. The lowest BCUT2D eigenvalue weighted by atomic mass is 10.1. The normalized spacial score (nSPS) is 15.1. The Bertz CT molecular complexity index is 1090. The van der Waals surface area contributed by atoms with E-state index in [0.717, 1.165) is 23.6 Å². The third kappa shape index (κ3) is 3.63. The lowest BCUT2D eigenvalue weighted by Crippen LogP contribution is -2.49. The number of carbonyl (C=O) groups is 1. The zero-order valence-electron chi connectivity index (χ0n) is 16.7. The van der Waals surface area contributed by atoms with Gasteiger partial charge in [0.15, 0.2) is 11.3 Å². The fraction of sp³-hybridized carbons (Fsp3) is 0.381. The van der Waals surface area contributed by atoms with E-state index < -0.39 is 5.63 Å². The summed E-state index contributed by atoms with van der Waals surface area (Å²) >= 11 is 0. The van der Waals surface area contributed by atoms with Crippen molar-refractivity contribution in [3.8, 4) is 5.75 Å². The molecule has 8 nitrogen and oxygen atoms in total. The van der Waals surface area contributed by atoms with Gasteiger partial charge in [-0.1, -0.05) is 17.3 Å². The van der Waals surface area contributed by atoms with Crippen LogP contribution in [0.25, 0.3) is 11.0 Å². The standard InChI is InChI=1S/C21H23N3O5/c1-13-17(14(2)29-22-13)12-23-7-9-24(10-8-23)20(25)16-11-15-5-4-6-18(27-3)19(15)28-21(16)26/h4-6,11H,7-10,12H2,1-3H3. The molecule has 0 bridgehead atoms. The van der Waals surface area contributed by atoms with E-state index in [1.54, 1.807) is 29.2 Å². The van der Waals surface area contributed by atoms with Gasteiger partial charge in [0.1, 0.15) is 11.3 Å². The number of fused-ring (bicyclic) bond motifs is 1. The van der Waals surface area contributed by atoms with Gasteiger partial charge in [-0.3, -0.25) is 9.69 Å². The summed E-state index contributed by atoms with van der Waals surface area (Å²) in [7, 11) is 1.51. The number of aryl methyl sites for hydroxylation is 2. The first-order chi connectivity index (χ1) is 14.0. The Morgan fingerprint density at radius 1 is 1.21 bits per heavy atom. The Labute approximate surface area is 167 Å². The van der Waals surface area contributed by atoms with Crippen molar-refractivity contribution in [2.75, 3.05) is 33.3 Å². The maximum Gasteiger partial charge on any atom is 0.349 e. The fourth-order valence-electron chi connectivity index (χ4n) is 3.66. The van der Waals surface area contributed by atoms with E-state index >= 15 is 0 Å². The monoisotopic (exact) mass is 397 g/mol. The summed E-state index contributed by atoms with van der Waals surface area (Å²) in [6.45, 7) is 7.07. The minimum Gasteiger partial charge on any atom is -0.493 e. The van der Waals surface area contributed by atoms with Gasteiger partial charge >= 0.3 is 5.63 Å². The van der Waals surface area contributed by atoms with Crippen LogP contribution in [-0.2, 0) is 6.54 Å². The van der Waals surface area contributed by atoms with Gasteiger partial charge in [-0.15, -0.1) is 0 Å². The number of benzene rings is 1. The van der Waals surface area contributed by atoms with E-state index in [4.69, 9.17) is 13.7 Å². The molecule has 0 saturated carbocycles. The Morgan fingerprint density at radius 2 is 1.97 bits per heavy atom. The fourth-order valence-corrected chi connectivity index (χ4v) is 3.66. The van der Waals surface area contributed by atoms with Gasteiger partial charge in [0.05, 0.1) is 12.8 Å². The average molecular weight is 397 g/mol. The molecule has 1 amide bonds. The summed E-state index contributed by atoms with van der Waals surface area (Å²) in [6, 6.07) is 6.88. The van der Waals surface area contributed by atoms with Gasteiger partial charge in [-0.2, -0.15) is 0 Å². The van der Waals surface area contributed by atoms with E-state index in [2.05, 4.69) is 10.1 Å². The molecule has 1 saturated heterocycles. The van der Waals surface area contributed by atoms with Crippen LogP contribution in [0.15, 0.2) is 38.0 Å². The van der Waals surface area contributed by atoms with Gasteiger partial charge in [0, 0.05) is 43.7 Å². The predicted octanol–water partition coefficient (Wildman–Crippen LogP) is 2.36. The predicted molar refractivity (Wildman–Crippen MR) is 106 cm³/mol. The van der Waals surface area contributed by atoms with Crippen LogP contribution in [0.4, 0.5) is 0 Å². The second-order valence-corrected chi connectivity index (χ2v) is 7.20. The number of nitrogens with zero attached hydrogens (tertiary/aromatic N) is 3. The van der Waals surface area contributed by atoms with Crippen molar-refractivity contribution in [2.45, 2.75) is 20.4 Å². The summed E-state index contributed by atoms with van der Waals surface area (Å²) in [5, 5.41) is 4.65. The maximum absolute atomic E-state index is 12.9. The largest absolute Gasteiger partial charge is 0.493 e. The lowest BCUT2D eigenvalue weighted by molar-refractivity contribution is 0.0623. The molecular formula is C21H23N3O5. The number of hydrogen-bond acceptors (Lipinski definition) is 7. The molecule has 152 valence electrons. The number of carbonyl (C=O) groups excluding carboxylic acids is 1. The molecule has 1 fully saturated rings. The molecule has 1 aliphatic rings. The first-order valence-corrected chi connectivity index (χ1v) is 9.52. The summed E-state index contributed by atoms with van der Waals surface area (Å²) < 4.78 is 15.8. The van der Waals surface area contributed by atoms with Crippen LogP contribution in [0.3, 0.4) is 0 Å². The number of hydrogen-bond donors (Lipinski definition) is 0. The third-order valence-electron chi connectivity index (χ3n) is 5.40. The number of amides is 1. The van der Waals surface area contributed by atoms with E-state index in [1.807, 2.05) is 13.8 Å². The van der Waals surface area contributed by atoms with Crippen molar-refractivity contribution in [2.24, 2.45) is 0 Å². The van der Waals surface area contributed by atoms with Crippen LogP contribution in [0.1, 0.15) is 27.4 Å². The van der Waals surface area contributed by atoms with Crippen molar-refractivity contribution in [3.63, 3.8) is 0 Å². The van der Waals surface area contributed by atoms with E-state index in [9.17, 15) is 9.59 Å². The Morgan fingerprint density at radius 3 is 2.62 bits per heavy atom. The average Bonchev–Trinajstić information content (AvgIpc) is 3.05. The zero-order valence-corrected chi connectivity index (χ0v) is 16.7. The number of aromatic nitrogens is 1. The summed E-state index contributed by atoms with van der Waals surface area (Å²) in [6.07, 6.45) is 0. The molecule has 0 spiro atoms. The van der Waals surface area contributed by atoms with Crippen molar-refractivity contribution >= 4 is 16.9 Å². The second-order valence-electron chi connectivity index (χ2n) is 7.20. The summed E-state index contributed by atoms with van der Waals surface area (Å²) in [4.78, 5) is 29.3. The second kappa shape index (κ2) is 7.71. The van der Waals surface area contributed by atoms with Gasteiger partial charge < -0.3 is 18.6 Å². The van der Waals surface area contributed by atoms with Gasteiger partial charge in [-0.05, 0) is 26.0 Å². The van der Waals surface area contributed by atoms with E-state index in [-0.39, 0.29) is 11.5 Å². The number of para-hydroxylation sites is 1. The van der Waals surface area contributed by atoms with Gasteiger partial charge in [0.25, 0.3) is 5.91 Å². The maximum atomic E-state index is 12.9. The highest BCUT2D eigenvalue weighted by Gasteiger charge is 2.26. The van der Waals surface area contributed by atoms with Crippen LogP contribution in [0.5, 0.6) is 5.75 Å². The molecule has 0 aliphatic carbocycles. The number of ether oxygens (including phenoxy) is 1. The third-order valence-corrected chi connectivity index (χ3v) is 5.40. The minimum atomic E-state index is -0.648. The molecule has 3 aromatic rings.